The number of nitrogens with zero attached hydrogens (tertiary/aromatic N) is 4. The van der Waals surface area contributed by atoms with Crippen LogP contribution in [-0.2, 0) is 21.4 Å². The van der Waals surface area contributed by atoms with E-state index in [1.54, 1.807) is 22.9 Å². The zero-order valence-corrected chi connectivity index (χ0v) is 19.6. The number of piperidine rings is 1. The molecule has 174 valence electrons. The Bertz CT molecular complexity index is 1090. The Morgan fingerprint density at radius 2 is 2.09 bits per heavy atom. The van der Waals surface area contributed by atoms with Crippen LogP contribution in [0.15, 0.2) is 34.7 Å². The van der Waals surface area contributed by atoms with Crippen LogP contribution in [0.5, 0.6) is 0 Å². The smallest absolute Gasteiger partial charge is 0.243 e. The van der Waals surface area contributed by atoms with Crippen LogP contribution < -0.4 is 5.32 Å². The van der Waals surface area contributed by atoms with E-state index in [-0.39, 0.29) is 10.8 Å². The van der Waals surface area contributed by atoms with Gasteiger partial charge in [0, 0.05) is 19.6 Å². The van der Waals surface area contributed by atoms with Gasteiger partial charge < -0.3 is 5.32 Å². The van der Waals surface area contributed by atoms with Crippen molar-refractivity contribution in [3.8, 4) is 0 Å². The molecule has 0 bridgehead atoms. The summed E-state index contributed by atoms with van der Waals surface area (Å²) in [6.45, 7) is 3.70. The van der Waals surface area contributed by atoms with Crippen LogP contribution in [0.3, 0.4) is 0 Å². The van der Waals surface area contributed by atoms with Crippen LogP contribution in [-0.4, -0.2) is 52.8 Å². The third-order valence-electron chi connectivity index (χ3n) is 6.41. The number of carbonyl (C=O) groups excluding carboxylic acids is 1. The number of nitrogens with one attached hydrogen (secondary N) is 1. The van der Waals surface area contributed by atoms with Crippen molar-refractivity contribution in [3.05, 3.63) is 29.8 Å². The summed E-state index contributed by atoms with van der Waals surface area (Å²) in [6.07, 6.45) is 10.9. The van der Waals surface area contributed by atoms with E-state index in [0.717, 1.165) is 50.6 Å². The van der Waals surface area contributed by atoms with E-state index in [0.29, 0.717) is 25.0 Å². The van der Waals surface area contributed by atoms with Gasteiger partial charge in [0.1, 0.15) is 11.6 Å². The lowest BCUT2D eigenvalue weighted by atomic mass is 9.97. The van der Waals surface area contributed by atoms with Gasteiger partial charge in [-0.15, -0.1) is 5.10 Å². The Morgan fingerprint density at radius 3 is 2.88 bits per heavy atom. The first-order valence-electron chi connectivity index (χ1n) is 11.8. The number of amides is 1. The van der Waals surface area contributed by atoms with Crippen LogP contribution in [0.25, 0.3) is 11.0 Å². The molecule has 32 heavy (non-hydrogen) atoms. The van der Waals surface area contributed by atoms with Crippen LogP contribution >= 0.6 is 0 Å². The molecule has 1 aromatic heterocycles. The van der Waals surface area contributed by atoms with Gasteiger partial charge in [-0.2, -0.15) is 4.31 Å². The average molecular weight is 460 g/mol. The Labute approximate surface area is 190 Å². The Balaban J connectivity index is 1.48. The van der Waals surface area contributed by atoms with Gasteiger partial charge in [0.25, 0.3) is 0 Å². The molecule has 1 saturated heterocycles. The molecule has 0 unspecified atom stereocenters. The second kappa shape index (κ2) is 10.1. The molecular weight excluding hydrogens is 426 g/mol. The SMILES string of the molecule is CCCn1nnc2cc(S(=O)(=O)N3CCCC[C@@H]3C(=O)NCCC3=CCCCC3)ccc21. The van der Waals surface area contributed by atoms with Gasteiger partial charge >= 0.3 is 0 Å². The highest BCUT2D eigenvalue weighted by molar-refractivity contribution is 7.89. The largest absolute Gasteiger partial charge is 0.354 e. The number of hydrogen-bond acceptors (Lipinski definition) is 5. The van der Waals surface area contributed by atoms with Crippen molar-refractivity contribution in [1.29, 1.82) is 0 Å². The van der Waals surface area contributed by atoms with Gasteiger partial charge in [0.2, 0.25) is 15.9 Å². The van der Waals surface area contributed by atoms with E-state index >= 15 is 0 Å². The van der Waals surface area contributed by atoms with Crippen LogP contribution in [0.1, 0.15) is 64.7 Å². The van der Waals surface area contributed by atoms with E-state index in [1.165, 1.54) is 22.7 Å². The third kappa shape index (κ3) is 4.88. The Kier molecular flexibility index (Phi) is 7.25. The number of aromatic nitrogens is 3. The molecule has 1 aliphatic carbocycles. The third-order valence-corrected chi connectivity index (χ3v) is 8.32. The number of fused-ring (bicyclic) bond motifs is 1. The monoisotopic (exact) mass is 459 g/mol. The normalized spacial score (nSPS) is 20.3. The van der Waals surface area contributed by atoms with Crippen molar-refractivity contribution in [2.45, 2.75) is 82.2 Å². The lowest BCUT2D eigenvalue weighted by Crippen LogP contribution is -2.51. The van der Waals surface area contributed by atoms with Gasteiger partial charge in [-0.3, -0.25) is 4.79 Å². The van der Waals surface area contributed by atoms with E-state index in [2.05, 4.69) is 28.6 Å². The number of benzene rings is 1. The van der Waals surface area contributed by atoms with E-state index in [1.807, 2.05) is 0 Å². The summed E-state index contributed by atoms with van der Waals surface area (Å²) in [4.78, 5) is 13.1. The van der Waals surface area contributed by atoms with Crippen LogP contribution in [0.2, 0.25) is 0 Å². The molecular formula is C23H33N5O3S. The molecule has 9 heteroatoms. The lowest BCUT2D eigenvalue weighted by molar-refractivity contribution is -0.125. The fourth-order valence-electron chi connectivity index (χ4n) is 4.68. The van der Waals surface area contributed by atoms with Crippen LogP contribution in [0.4, 0.5) is 0 Å². The summed E-state index contributed by atoms with van der Waals surface area (Å²) >= 11 is 0. The fourth-order valence-corrected chi connectivity index (χ4v) is 6.35. The number of sulfonamides is 1. The van der Waals surface area contributed by atoms with E-state index < -0.39 is 16.1 Å². The predicted molar refractivity (Wildman–Crippen MR) is 124 cm³/mol. The minimum absolute atomic E-state index is 0.167. The topological polar surface area (TPSA) is 97.2 Å². The zero-order valence-electron chi connectivity index (χ0n) is 18.8. The first-order chi connectivity index (χ1) is 15.5. The standard InChI is InChI=1S/C23H33N5O3S/c1-2-15-27-21-12-11-19(17-20(21)25-26-27)32(30,31)28-16-7-6-10-22(28)23(29)24-14-13-18-8-4-3-5-9-18/h8,11-12,17,22H,2-7,9-10,13-16H2,1H3,(H,24,29)/t22-/m1/s1. The number of rotatable bonds is 8. The minimum Gasteiger partial charge on any atom is -0.354 e. The molecule has 2 heterocycles. The highest BCUT2D eigenvalue weighted by Gasteiger charge is 2.37. The second-order valence-corrected chi connectivity index (χ2v) is 10.6. The average Bonchev–Trinajstić information content (AvgIpc) is 3.22. The van der Waals surface area contributed by atoms with E-state index in [9.17, 15) is 13.2 Å². The van der Waals surface area contributed by atoms with Gasteiger partial charge in [-0.05, 0) is 69.6 Å². The maximum absolute atomic E-state index is 13.5. The maximum atomic E-state index is 13.5. The summed E-state index contributed by atoms with van der Waals surface area (Å²) in [7, 11) is -3.81. The van der Waals surface area contributed by atoms with Crippen LogP contribution in [0, 0.1) is 0 Å². The molecule has 0 radical (unpaired) electrons. The summed E-state index contributed by atoms with van der Waals surface area (Å²) in [5, 5.41) is 11.3. The molecule has 0 spiro atoms. The number of carbonyl (C=O) groups is 1. The van der Waals surface area contributed by atoms with Gasteiger partial charge in [0.15, 0.2) is 0 Å². The molecule has 1 aromatic carbocycles. The second-order valence-electron chi connectivity index (χ2n) is 8.74. The van der Waals surface area contributed by atoms with Gasteiger partial charge in [-0.25, -0.2) is 13.1 Å². The van der Waals surface area contributed by atoms with Crippen molar-refractivity contribution in [2.75, 3.05) is 13.1 Å². The summed E-state index contributed by atoms with van der Waals surface area (Å²) in [6, 6.07) is 4.27. The van der Waals surface area contributed by atoms with Crippen molar-refractivity contribution in [3.63, 3.8) is 0 Å². The van der Waals surface area contributed by atoms with Crippen molar-refractivity contribution in [1.82, 2.24) is 24.6 Å². The quantitative estimate of drug-likeness (QED) is 0.610. The molecule has 2 aromatic rings. The predicted octanol–water partition coefficient (Wildman–Crippen LogP) is 3.39. The highest BCUT2D eigenvalue weighted by Crippen LogP contribution is 2.27. The van der Waals surface area contributed by atoms with Crippen molar-refractivity contribution >= 4 is 27.0 Å². The number of hydrogen-bond donors (Lipinski definition) is 1. The summed E-state index contributed by atoms with van der Waals surface area (Å²) in [5.41, 5.74) is 2.77. The minimum atomic E-state index is -3.81. The van der Waals surface area contributed by atoms with Gasteiger partial charge in [0.05, 0.1) is 10.4 Å². The van der Waals surface area contributed by atoms with E-state index in [4.69, 9.17) is 0 Å². The first-order valence-corrected chi connectivity index (χ1v) is 13.3. The number of allylic oxidation sites excluding steroid dienone is 1. The highest BCUT2D eigenvalue weighted by atomic mass is 32.2. The summed E-state index contributed by atoms with van der Waals surface area (Å²) < 4.78 is 30.1. The number of aryl methyl sites for hydroxylation is 1. The molecule has 0 saturated carbocycles. The molecule has 2 aliphatic rings. The molecule has 1 N–H and O–H groups in total. The Morgan fingerprint density at radius 1 is 1.22 bits per heavy atom. The van der Waals surface area contributed by atoms with Crippen molar-refractivity contribution < 1.29 is 13.2 Å². The fraction of sp³-hybridized carbons (Fsp3) is 0.609. The Hall–Kier alpha value is -2.26. The maximum Gasteiger partial charge on any atom is 0.243 e. The first kappa shape index (κ1) is 22.9. The molecule has 1 fully saturated rings. The van der Waals surface area contributed by atoms with Gasteiger partial charge in [-0.1, -0.05) is 30.2 Å². The summed E-state index contributed by atoms with van der Waals surface area (Å²) in [5.74, 6) is -0.195. The molecule has 1 atom stereocenters. The molecule has 1 amide bonds. The van der Waals surface area contributed by atoms with Crippen molar-refractivity contribution in [2.24, 2.45) is 0 Å². The lowest BCUT2D eigenvalue weighted by Gasteiger charge is -2.33. The molecule has 8 nitrogen and oxygen atoms in total. The molecule has 1 aliphatic heterocycles. The zero-order chi connectivity index (χ0) is 22.6. The molecule has 4 rings (SSSR count).